The molecule has 1 atom stereocenters. The van der Waals surface area contributed by atoms with E-state index in [0.717, 1.165) is 0 Å². The van der Waals surface area contributed by atoms with Crippen molar-refractivity contribution in [3.8, 4) is 0 Å². The van der Waals surface area contributed by atoms with E-state index < -0.39 is 22.8 Å². The third-order valence-electron chi connectivity index (χ3n) is 3.32. The largest absolute Gasteiger partial charge is 0.467 e. The first-order valence-corrected chi connectivity index (χ1v) is 8.54. The Morgan fingerprint density at radius 1 is 1.42 bits per heavy atom. The van der Waals surface area contributed by atoms with E-state index in [1.165, 1.54) is 37.1 Å². The van der Waals surface area contributed by atoms with Crippen molar-refractivity contribution >= 4 is 35.0 Å². The highest BCUT2D eigenvalue weighted by molar-refractivity contribution is 7.98. The highest BCUT2D eigenvalue weighted by Gasteiger charge is 2.24. The first-order valence-electron chi connectivity index (χ1n) is 7.15. The van der Waals surface area contributed by atoms with Gasteiger partial charge in [0, 0.05) is 31.9 Å². The lowest BCUT2D eigenvalue weighted by Crippen LogP contribution is -2.42. The molecular weight excluding hydrogens is 334 g/mol. The van der Waals surface area contributed by atoms with Gasteiger partial charge in [0.2, 0.25) is 0 Å². The van der Waals surface area contributed by atoms with Gasteiger partial charge >= 0.3 is 5.97 Å². The molecule has 0 saturated carbocycles. The Hall–Kier alpha value is -2.29. The highest BCUT2D eigenvalue weighted by atomic mass is 32.2. The smallest absolute Gasteiger partial charge is 0.328 e. The quantitative estimate of drug-likeness (QED) is 0.430. The van der Waals surface area contributed by atoms with Crippen LogP contribution in [-0.4, -0.2) is 56.1 Å². The average Bonchev–Trinajstić information content (AvgIpc) is 2.56. The molecule has 0 spiro atoms. The molecule has 0 saturated heterocycles. The first kappa shape index (κ1) is 19.8. The van der Waals surface area contributed by atoms with Crippen LogP contribution in [0.1, 0.15) is 16.8 Å². The fraction of sp³-hybridized carbons (Fsp3) is 0.467. The van der Waals surface area contributed by atoms with Gasteiger partial charge in [-0.25, -0.2) is 4.79 Å². The summed E-state index contributed by atoms with van der Waals surface area (Å²) in [4.78, 5) is 36.4. The minimum Gasteiger partial charge on any atom is -0.467 e. The maximum Gasteiger partial charge on any atom is 0.328 e. The van der Waals surface area contributed by atoms with Crippen molar-refractivity contribution in [2.75, 3.05) is 38.1 Å². The van der Waals surface area contributed by atoms with Gasteiger partial charge in [-0.1, -0.05) is 0 Å². The molecule has 0 aliphatic carbocycles. The summed E-state index contributed by atoms with van der Waals surface area (Å²) >= 11 is 1.54. The fourth-order valence-electron chi connectivity index (χ4n) is 2.07. The number of rotatable bonds is 8. The number of nitrogens with zero attached hydrogens (tertiary/aromatic N) is 2. The predicted octanol–water partition coefficient (Wildman–Crippen LogP) is 1.69. The molecule has 1 amide bonds. The van der Waals surface area contributed by atoms with Gasteiger partial charge in [-0.3, -0.25) is 14.9 Å². The molecular formula is C15H21N3O5S. The maximum absolute atomic E-state index is 12.6. The Bertz CT molecular complexity index is 621. The minimum atomic E-state index is -0.802. The van der Waals surface area contributed by atoms with Gasteiger partial charge < -0.3 is 15.0 Å². The molecule has 0 heterocycles. The molecule has 0 bridgehead atoms. The summed E-state index contributed by atoms with van der Waals surface area (Å²) in [7, 11) is 4.70. The second-order valence-corrected chi connectivity index (χ2v) is 6.17. The topological polar surface area (TPSA) is 102 Å². The van der Waals surface area contributed by atoms with Gasteiger partial charge in [0.25, 0.3) is 11.6 Å². The predicted molar refractivity (Wildman–Crippen MR) is 93.7 cm³/mol. The minimum absolute atomic E-state index is 0.132. The van der Waals surface area contributed by atoms with E-state index in [2.05, 4.69) is 5.32 Å². The van der Waals surface area contributed by atoms with Crippen molar-refractivity contribution in [2.24, 2.45) is 0 Å². The molecule has 8 nitrogen and oxygen atoms in total. The van der Waals surface area contributed by atoms with E-state index in [-0.39, 0.29) is 11.3 Å². The number of nitrogens with one attached hydrogen (secondary N) is 1. The number of nitro groups is 1. The van der Waals surface area contributed by atoms with E-state index in [1.54, 1.807) is 19.0 Å². The lowest BCUT2D eigenvalue weighted by atomic mass is 10.1. The van der Waals surface area contributed by atoms with Crippen molar-refractivity contribution < 1.29 is 19.2 Å². The summed E-state index contributed by atoms with van der Waals surface area (Å²) in [5, 5.41) is 13.6. The highest BCUT2D eigenvalue weighted by Crippen LogP contribution is 2.24. The molecule has 24 heavy (non-hydrogen) atoms. The number of carbonyl (C=O) groups is 2. The molecule has 9 heteroatoms. The Morgan fingerprint density at radius 3 is 2.58 bits per heavy atom. The molecule has 1 aromatic rings. The van der Waals surface area contributed by atoms with Crippen molar-refractivity contribution in [3.63, 3.8) is 0 Å². The molecule has 1 rings (SSSR count). The van der Waals surface area contributed by atoms with Crippen LogP contribution in [0.5, 0.6) is 0 Å². The van der Waals surface area contributed by atoms with Crippen molar-refractivity contribution in [1.82, 2.24) is 5.32 Å². The van der Waals surface area contributed by atoms with Crippen molar-refractivity contribution in [1.29, 1.82) is 0 Å². The second kappa shape index (κ2) is 9.11. The summed E-state index contributed by atoms with van der Waals surface area (Å²) in [5.74, 6) is -0.441. The van der Waals surface area contributed by atoms with Crippen molar-refractivity contribution in [3.05, 3.63) is 33.9 Å². The summed E-state index contributed by atoms with van der Waals surface area (Å²) in [5.41, 5.74) is 0.461. The van der Waals surface area contributed by atoms with E-state index in [4.69, 9.17) is 4.74 Å². The van der Waals surface area contributed by atoms with Crippen molar-refractivity contribution in [2.45, 2.75) is 12.5 Å². The molecule has 0 unspecified atom stereocenters. The van der Waals surface area contributed by atoms with Crippen LogP contribution in [-0.2, 0) is 9.53 Å². The van der Waals surface area contributed by atoms with E-state index >= 15 is 0 Å². The molecule has 1 N–H and O–H groups in total. The van der Waals surface area contributed by atoms with Crippen LogP contribution in [0.3, 0.4) is 0 Å². The third kappa shape index (κ3) is 5.12. The Morgan fingerprint density at radius 2 is 2.08 bits per heavy atom. The number of anilines is 1. The number of hydrogen-bond acceptors (Lipinski definition) is 7. The number of esters is 1. The van der Waals surface area contributed by atoms with Crippen LogP contribution >= 0.6 is 11.8 Å². The summed E-state index contributed by atoms with van der Waals surface area (Å²) in [6.07, 6.45) is 2.30. The lowest BCUT2D eigenvalue weighted by molar-refractivity contribution is -0.384. The standard InChI is InChI=1S/C15H21N3O5S/c1-17(2)13-6-5-10(18(21)22)9-11(13)14(19)16-12(7-8-24-4)15(20)23-3/h5-6,9,12H,7-8H2,1-4H3,(H,16,19)/t12-/m1/s1. The third-order valence-corrected chi connectivity index (χ3v) is 3.96. The number of amides is 1. The Labute approximate surface area is 144 Å². The number of hydrogen-bond donors (Lipinski definition) is 1. The number of benzene rings is 1. The molecule has 132 valence electrons. The molecule has 1 aromatic carbocycles. The van der Waals surface area contributed by atoms with Crippen LogP contribution in [0.2, 0.25) is 0 Å². The Kier molecular flexibility index (Phi) is 7.50. The van der Waals surface area contributed by atoms with Crippen LogP contribution in [0.25, 0.3) is 0 Å². The number of thioether (sulfide) groups is 1. The number of non-ortho nitro benzene ring substituents is 1. The van der Waals surface area contributed by atoms with Gasteiger partial charge in [-0.05, 0) is 24.5 Å². The number of carbonyl (C=O) groups excluding carboxylic acids is 2. The SMILES string of the molecule is COC(=O)[C@@H](CCSC)NC(=O)c1cc([N+](=O)[O-])ccc1N(C)C. The van der Waals surface area contributed by atoms with Gasteiger partial charge in [-0.15, -0.1) is 0 Å². The number of nitro benzene ring substituents is 1. The van der Waals surface area contributed by atoms with Crippen LogP contribution in [0, 0.1) is 10.1 Å². The first-order chi connectivity index (χ1) is 11.3. The van der Waals surface area contributed by atoms with E-state index in [9.17, 15) is 19.7 Å². The summed E-state index contributed by atoms with van der Waals surface area (Å²) in [6, 6.07) is 3.23. The molecule has 0 aliphatic rings. The second-order valence-electron chi connectivity index (χ2n) is 5.18. The summed E-state index contributed by atoms with van der Waals surface area (Å²) in [6.45, 7) is 0. The van der Waals surface area contributed by atoms with Crippen LogP contribution < -0.4 is 10.2 Å². The van der Waals surface area contributed by atoms with Gasteiger partial charge in [-0.2, -0.15) is 11.8 Å². The monoisotopic (exact) mass is 355 g/mol. The molecule has 0 aliphatic heterocycles. The molecule has 0 fully saturated rings. The zero-order valence-electron chi connectivity index (χ0n) is 14.1. The maximum atomic E-state index is 12.6. The lowest BCUT2D eigenvalue weighted by Gasteiger charge is -2.20. The van der Waals surface area contributed by atoms with Gasteiger partial charge in [0.15, 0.2) is 0 Å². The fourth-order valence-corrected chi connectivity index (χ4v) is 2.54. The summed E-state index contributed by atoms with van der Waals surface area (Å²) < 4.78 is 4.70. The number of ether oxygens (including phenoxy) is 1. The normalized spacial score (nSPS) is 11.5. The van der Waals surface area contributed by atoms with Crippen LogP contribution in [0.15, 0.2) is 18.2 Å². The van der Waals surface area contributed by atoms with Gasteiger partial charge in [0.05, 0.1) is 17.6 Å². The van der Waals surface area contributed by atoms with Gasteiger partial charge in [0.1, 0.15) is 6.04 Å². The van der Waals surface area contributed by atoms with Crippen LogP contribution in [0.4, 0.5) is 11.4 Å². The van der Waals surface area contributed by atoms with E-state index in [0.29, 0.717) is 17.9 Å². The molecule has 0 radical (unpaired) electrons. The van der Waals surface area contributed by atoms with E-state index in [1.807, 2.05) is 6.26 Å². The zero-order valence-corrected chi connectivity index (χ0v) is 14.9. The Balaban J connectivity index is 3.12. The number of methoxy groups -OCH3 is 1. The average molecular weight is 355 g/mol. The zero-order chi connectivity index (χ0) is 18.3. The molecule has 0 aromatic heterocycles.